The summed E-state index contributed by atoms with van der Waals surface area (Å²) in [5.41, 5.74) is 5.58. The van der Waals surface area contributed by atoms with Gasteiger partial charge in [0.05, 0.1) is 5.56 Å². The van der Waals surface area contributed by atoms with Gasteiger partial charge in [-0.2, -0.15) is 0 Å². The molecule has 0 aliphatic heterocycles. The number of allylic oxidation sites excluding steroid dienone is 2. The fraction of sp³-hybridized carbons (Fsp3) is 0.125. The largest absolute Gasteiger partial charge is 0.205 e. The third-order valence-corrected chi connectivity index (χ3v) is 5.48. The minimum atomic E-state index is -0.268. The molecule has 33 heavy (non-hydrogen) atoms. The van der Waals surface area contributed by atoms with Crippen LogP contribution in [0.4, 0.5) is 4.39 Å². The summed E-state index contributed by atoms with van der Waals surface area (Å²) < 4.78 is 14.8. The molecule has 0 spiro atoms. The summed E-state index contributed by atoms with van der Waals surface area (Å²) in [7, 11) is 0. The van der Waals surface area contributed by atoms with Crippen molar-refractivity contribution in [2.24, 2.45) is 0 Å². The second-order valence-corrected chi connectivity index (χ2v) is 8.03. The zero-order valence-electron chi connectivity index (χ0n) is 19.0. The van der Waals surface area contributed by atoms with E-state index >= 15 is 0 Å². The zero-order valence-corrected chi connectivity index (χ0v) is 19.0. The topological polar surface area (TPSA) is 0 Å². The molecule has 0 amide bonds. The van der Waals surface area contributed by atoms with Gasteiger partial charge in [-0.05, 0) is 80.1 Å². The molecule has 0 unspecified atom stereocenters. The second-order valence-electron chi connectivity index (χ2n) is 8.03. The summed E-state index contributed by atoms with van der Waals surface area (Å²) in [4.78, 5) is 0. The molecule has 0 saturated carbocycles. The van der Waals surface area contributed by atoms with Gasteiger partial charge < -0.3 is 0 Å². The van der Waals surface area contributed by atoms with Crippen LogP contribution in [0, 0.1) is 36.4 Å². The van der Waals surface area contributed by atoms with Crippen molar-refractivity contribution in [3.05, 3.63) is 130 Å². The van der Waals surface area contributed by atoms with Gasteiger partial charge >= 0.3 is 0 Å². The van der Waals surface area contributed by atoms with E-state index in [0.29, 0.717) is 10.9 Å². The van der Waals surface area contributed by atoms with E-state index in [1.54, 1.807) is 6.07 Å². The molecule has 0 fully saturated rings. The lowest BCUT2D eigenvalue weighted by atomic mass is 10.0. The molecule has 4 aromatic carbocycles. The highest BCUT2D eigenvalue weighted by Gasteiger charge is 2.05. The van der Waals surface area contributed by atoms with Crippen molar-refractivity contribution in [1.82, 2.24) is 0 Å². The van der Waals surface area contributed by atoms with E-state index in [2.05, 4.69) is 60.1 Å². The van der Waals surface area contributed by atoms with Crippen LogP contribution in [-0.4, -0.2) is 0 Å². The zero-order chi connectivity index (χ0) is 23.0. The maximum atomic E-state index is 14.8. The molecule has 0 bridgehead atoms. The molecular weight excluding hydrogens is 403 g/mol. The van der Waals surface area contributed by atoms with Crippen molar-refractivity contribution in [2.75, 3.05) is 0 Å². The molecule has 4 rings (SSSR count). The van der Waals surface area contributed by atoms with Gasteiger partial charge in [-0.3, -0.25) is 0 Å². The third-order valence-electron chi connectivity index (χ3n) is 5.48. The lowest BCUT2D eigenvalue weighted by Gasteiger charge is -2.03. The first-order chi connectivity index (χ1) is 16.1. The minimum Gasteiger partial charge on any atom is -0.205 e. The summed E-state index contributed by atoms with van der Waals surface area (Å²) in [6, 6.07) is 25.5. The molecule has 0 aromatic heterocycles. The minimum absolute atomic E-state index is 0.268. The van der Waals surface area contributed by atoms with E-state index in [4.69, 9.17) is 0 Å². The fourth-order valence-electron chi connectivity index (χ4n) is 3.60. The van der Waals surface area contributed by atoms with Crippen LogP contribution in [0.1, 0.15) is 46.7 Å². The van der Waals surface area contributed by atoms with Crippen LogP contribution in [0.25, 0.3) is 10.8 Å². The molecule has 1 heteroatoms. The Kier molecular flexibility index (Phi) is 7.04. The molecule has 0 heterocycles. The Bertz CT molecular complexity index is 1410. The summed E-state index contributed by atoms with van der Waals surface area (Å²) in [5, 5.41) is 1.49. The molecule has 0 aliphatic carbocycles. The number of halogens is 1. The Balaban J connectivity index is 1.45. The van der Waals surface area contributed by atoms with E-state index < -0.39 is 0 Å². The summed E-state index contributed by atoms with van der Waals surface area (Å²) in [6.07, 6.45) is 6.37. The fourth-order valence-corrected chi connectivity index (χ4v) is 3.60. The molecule has 0 radical (unpaired) electrons. The molecular formula is C32H25F. The molecule has 0 N–H and O–H groups in total. The van der Waals surface area contributed by atoms with Crippen LogP contribution in [0.3, 0.4) is 0 Å². The Morgan fingerprint density at radius 1 is 0.727 bits per heavy atom. The van der Waals surface area contributed by atoms with E-state index in [9.17, 15) is 4.39 Å². The van der Waals surface area contributed by atoms with E-state index in [-0.39, 0.29) is 5.82 Å². The van der Waals surface area contributed by atoms with Crippen LogP contribution in [0.2, 0.25) is 0 Å². The molecule has 0 saturated heterocycles. The van der Waals surface area contributed by atoms with Crippen molar-refractivity contribution < 1.29 is 4.39 Å². The normalized spacial score (nSPS) is 10.5. The number of fused-ring (bicyclic) bond motifs is 1. The average molecular weight is 429 g/mol. The maximum absolute atomic E-state index is 14.8. The highest BCUT2D eigenvalue weighted by atomic mass is 19.1. The van der Waals surface area contributed by atoms with Gasteiger partial charge in [0.15, 0.2) is 0 Å². The average Bonchev–Trinajstić information content (AvgIpc) is 2.84. The van der Waals surface area contributed by atoms with Crippen molar-refractivity contribution >= 4 is 10.8 Å². The van der Waals surface area contributed by atoms with Gasteiger partial charge in [0, 0.05) is 22.1 Å². The number of hydrogen-bond donors (Lipinski definition) is 0. The third kappa shape index (κ3) is 5.79. The number of benzene rings is 4. The van der Waals surface area contributed by atoms with Gasteiger partial charge in [0.25, 0.3) is 0 Å². The quantitative estimate of drug-likeness (QED) is 0.233. The smallest absolute Gasteiger partial charge is 0.146 e. The Hall–Kier alpha value is -4.07. The van der Waals surface area contributed by atoms with E-state index in [0.717, 1.165) is 40.5 Å². The van der Waals surface area contributed by atoms with Gasteiger partial charge in [0.1, 0.15) is 5.82 Å². The van der Waals surface area contributed by atoms with Crippen LogP contribution >= 0.6 is 0 Å². The highest BCUT2D eigenvalue weighted by molar-refractivity contribution is 5.85. The maximum Gasteiger partial charge on any atom is 0.146 e. The first-order valence-corrected chi connectivity index (χ1v) is 11.2. The second kappa shape index (κ2) is 10.5. The van der Waals surface area contributed by atoms with Crippen molar-refractivity contribution in [1.29, 1.82) is 0 Å². The predicted molar refractivity (Wildman–Crippen MR) is 137 cm³/mol. The van der Waals surface area contributed by atoms with E-state index in [1.165, 1.54) is 5.56 Å². The molecule has 0 nitrogen and oxygen atoms in total. The van der Waals surface area contributed by atoms with Crippen LogP contribution < -0.4 is 0 Å². The van der Waals surface area contributed by atoms with Crippen molar-refractivity contribution in [3.8, 4) is 23.7 Å². The van der Waals surface area contributed by atoms with Gasteiger partial charge in [0.2, 0.25) is 0 Å². The number of rotatable bonds is 3. The van der Waals surface area contributed by atoms with Crippen LogP contribution in [0.5, 0.6) is 0 Å². The van der Waals surface area contributed by atoms with Gasteiger partial charge in [-0.15, -0.1) is 0 Å². The SMILES string of the molecule is C/C=C/CCc1ccc(C#Cc2ccc(C#Cc3ccc4cc(C)ccc4c3F)cc2)cc1. The van der Waals surface area contributed by atoms with Crippen LogP contribution in [0.15, 0.2) is 91.0 Å². The lowest BCUT2D eigenvalue weighted by Crippen LogP contribution is -1.87. The summed E-state index contributed by atoms with van der Waals surface area (Å²) in [5.74, 6) is 12.2. The standard InChI is InChI=1S/C32H25F/c1-3-4-5-6-25-8-10-26(11-9-25)12-13-27-14-16-28(17-15-27)18-19-29-20-21-30-23-24(2)7-22-31(30)32(29)33/h3-4,7-11,14-17,20-23H,5-6H2,1-2H3/b4-3+. The first kappa shape index (κ1) is 22.1. The molecule has 0 atom stereocenters. The van der Waals surface area contributed by atoms with Gasteiger partial charge in [-0.25, -0.2) is 4.39 Å². The molecule has 0 aliphatic rings. The van der Waals surface area contributed by atoms with Crippen molar-refractivity contribution in [3.63, 3.8) is 0 Å². The number of aryl methyl sites for hydroxylation is 2. The van der Waals surface area contributed by atoms with E-state index in [1.807, 2.05) is 62.4 Å². The monoisotopic (exact) mass is 428 g/mol. The summed E-state index contributed by atoms with van der Waals surface area (Å²) >= 11 is 0. The lowest BCUT2D eigenvalue weighted by molar-refractivity contribution is 0.636. The Morgan fingerprint density at radius 2 is 1.33 bits per heavy atom. The molecule has 4 aromatic rings. The molecule has 160 valence electrons. The Labute approximate surface area is 195 Å². The number of hydrogen-bond acceptors (Lipinski definition) is 0. The highest BCUT2D eigenvalue weighted by Crippen LogP contribution is 2.22. The van der Waals surface area contributed by atoms with Crippen LogP contribution in [-0.2, 0) is 6.42 Å². The summed E-state index contributed by atoms with van der Waals surface area (Å²) in [6.45, 7) is 4.05. The van der Waals surface area contributed by atoms with Gasteiger partial charge in [-0.1, -0.05) is 77.8 Å². The Morgan fingerprint density at radius 3 is 1.97 bits per heavy atom. The predicted octanol–water partition coefficient (Wildman–Crippen LogP) is 7.60. The van der Waals surface area contributed by atoms with Crippen molar-refractivity contribution in [2.45, 2.75) is 26.7 Å². The first-order valence-electron chi connectivity index (χ1n) is 11.2.